The highest BCUT2D eigenvalue weighted by Crippen LogP contribution is 2.36. The normalized spacial score (nSPS) is 12.1. The number of anilines is 1. The maximum Gasteiger partial charge on any atom is 0.417 e. The molecule has 0 aliphatic rings. The first kappa shape index (κ1) is 17.2. The number of nitrogens with zero attached hydrogens (tertiary/aromatic N) is 1. The molecule has 0 saturated carbocycles. The summed E-state index contributed by atoms with van der Waals surface area (Å²) in [6, 6.07) is 8.57. The van der Waals surface area contributed by atoms with Gasteiger partial charge in [0.1, 0.15) is 9.92 Å². The number of halogens is 2. The van der Waals surface area contributed by atoms with Crippen LogP contribution in [0.15, 0.2) is 55.1 Å². The molecule has 7 nitrogen and oxygen atoms in total. The number of aryl methyl sites for hydroxylation is 1. The van der Waals surface area contributed by atoms with Crippen LogP contribution < -0.4 is 10.5 Å². The van der Waals surface area contributed by atoms with E-state index in [4.69, 9.17) is 16.0 Å². The second-order valence-electron chi connectivity index (χ2n) is 5.70. The van der Waals surface area contributed by atoms with E-state index in [2.05, 4.69) is 25.6 Å². The number of rotatable bonds is 3. The van der Waals surface area contributed by atoms with Gasteiger partial charge < -0.3 is 8.98 Å². The van der Waals surface area contributed by atoms with Gasteiger partial charge in [0.05, 0.1) is 11.2 Å². The van der Waals surface area contributed by atoms with Gasteiger partial charge in [-0.2, -0.15) is 0 Å². The summed E-state index contributed by atoms with van der Waals surface area (Å²) in [5, 5.41) is 0.811. The minimum Gasteiger partial charge on any atom is -0.406 e. The molecule has 0 unspecified atom stereocenters. The number of aromatic amines is 1. The molecule has 26 heavy (non-hydrogen) atoms. The molecule has 134 valence electrons. The van der Waals surface area contributed by atoms with Crippen molar-refractivity contribution in [1.82, 2.24) is 9.55 Å². The molecule has 2 aromatic heterocycles. The number of hydrogen-bond acceptors (Lipinski definition) is 4. The van der Waals surface area contributed by atoms with Gasteiger partial charge in [0.15, 0.2) is 5.58 Å². The van der Waals surface area contributed by atoms with Gasteiger partial charge in [-0.05, 0) is 45.6 Å². The van der Waals surface area contributed by atoms with Crippen molar-refractivity contribution >= 4 is 65.2 Å². The van der Waals surface area contributed by atoms with Crippen LogP contribution in [0, 0.1) is 0 Å². The van der Waals surface area contributed by atoms with Gasteiger partial charge in [-0.3, -0.25) is 9.71 Å². The summed E-state index contributed by atoms with van der Waals surface area (Å²) in [5.41, 5.74) is 1.55. The lowest BCUT2D eigenvalue weighted by molar-refractivity contribution is 0.554. The minimum absolute atomic E-state index is 0.0156. The van der Waals surface area contributed by atoms with Gasteiger partial charge in [0.2, 0.25) is 0 Å². The van der Waals surface area contributed by atoms with E-state index in [1.165, 1.54) is 6.07 Å². The molecule has 0 atom stereocenters. The van der Waals surface area contributed by atoms with E-state index in [9.17, 15) is 13.2 Å². The van der Waals surface area contributed by atoms with E-state index in [1.54, 1.807) is 12.1 Å². The Hall–Kier alpha value is -2.23. The predicted octanol–water partition coefficient (Wildman–Crippen LogP) is 3.83. The molecule has 0 aliphatic carbocycles. The predicted molar refractivity (Wildman–Crippen MR) is 103 cm³/mol. The molecular formula is C16H11BrClN3O4S. The third-order valence-electron chi connectivity index (χ3n) is 3.97. The van der Waals surface area contributed by atoms with E-state index >= 15 is 0 Å². The van der Waals surface area contributed by atoms with E-state index in [-0.39, 0.29) is 20.0 Å². The second kappa shape index (κ2) is 5.90. The molecule has 0 amide bonds. The molecule has 2 heterocycles. The van der Waals surface area contributed by atoms with Crippen molar-refractivity contribution in [2.24, 2.45) is 7.05 Å². The number of benzene rings is 2. The Morgan fingerprint density at radius 2 is 2.04 bits per heavy atom. The Balaban J connectivity index is 1.84. The van der Waals surface area contributed by atoms with Crippen LogP contribution in [-0.2, 0) is 17.1 Å². The van der Waals surface area contributed by atoms with Gasteiger partial charge in [0, 0.05) is 23.2 Å². The standard InChI is InChI=1S/C16H11BrClN3O4S/c1-21-5-4-8-2-3-9(6-12(8)21)20-26(23,24)15-10(17)7-11-14(13(15)18)25-16(22)19-11/h2-7,20H,1H3,(H,19,22). The fourth-order valence-corrected chi connectivity index (χ4v) is 5.69. The van der Waals surface area contributed by atoms with Crippen molar-refractivity contribution in [2.45, 2.75) is 4.90 Å². The van der Waals surface area contributed by atoms with Crippen LogP contribution in [0.3, 0.4) is 0 Å². The molecule has 0 bridgehead atoms. The lowest BCUT2D eigenvalue weighted by Crippen LogP contribution is -2.14. The number of H-pyrrole nitrogens is 1. The molecule has 0 aliphatic heterocycles. The molecule has 0 fully saturated rings. The monoisotopic (exact) mass is 455 g/mol. The smallest absolute Gasteiger partial charge is 0.406 e. The summed E-state index contributed by atoms with van der Waals surface area (Å²) < 4.78 is 35.3. The van der Waals surface area contributed by atoms with Crippen molar-refractivity contribution in [3.8, 4) is 0 Å². The Labute approximate surface area is 160 Å². The van der Waals surface area contributed by atoms with Crippen LogP contribution in [0.2, 0.25) is 5.02 Å². The maximum atomic E-state index is 12.9. The van der Waals surface area contributed by atoms with Crippen molar-refractivity contribution < 1.29 is 12.8 Å². The Kier molecular flexibility index (Phi) is 3.90. The third kappa shape index (κ3) is 2.72. The Morgan fingerprint density at radius 3 is 2.81 bits per heavy atom. The molecule has 2 N–H and O–H groups in total. The Morgan fingerprint density at radius 1 is 1.27 bits per heavy atom. The number of nitrogens with one attached hydrogen (secondary N) is 2. The highest BCUT2D eigenvalue weighted by molar-refractivity contribution is 9.10. The third-order valence-corrected chi connectivity index (χ3v) is 6.80. The first-order valence-corrected chi connectivity index (χ1v) is 10.0. The number of aromatic nitrogens is 2. The molecule has 4 aromatic rings. The summed E-state index contributed by atoms with van der Waals surface area (Å²) in [4.78, 5) is 13.6. The van der Waals surface area contributed by atoms with Gasteiger partial charge in [-0.1, -0.05) is 17.7 Å². The summed E-state index contributed by atoms with van der Waals surface area (Å²) in [5.74, 6) is -0.717. The SMILES string of the molecule is Cn1ccc2ccc(NS(=O)(=O)c3c(Br)cc4[nH]c(=O)oc4c3Cl)cc21. The first-order valence-electron chi connectivity index (χ1n) is 7.35. The fraction of sp³-hybridized carbons (Fsp3) is 0.0625. The summed E-state index contributed by atoms with van der Waals surface area (Å²) >= 11 is 9.41. The number of sulfonamides is 1. The number of fused-ring (bicyclic) bond motifs is 2. The topological polar surface area (TPSA) is 97.1 Å². The van der Waals surface area contributed by atoms with E-state index in [0.29, 0.717) is 11.2 Å². The van der Waals surface area contributed by atoms with Crippen molar-refractivity contribution in [2.75, 3.05) is 4.72 Å². The summed E-state index contributed by atoms with van der Waals surface area (Å²) in [6.07, 6.45) is 1.89. The first-order chi connectivity index (χ1) is 12.3. The quantitative estimate of drug-likeness (QED) is 0.489. The largest absolute Gasteiger partial charge is 0.417 e. The van der Waals surface area contributed by atoms with Crippen LogP contribution in [0.1, 0.15) is 0 Å². The zero-order valence-electron chi connectivity index (χ0n) is 13.2. The average molecular weight is 457 g/mol. The highest BCUT2D eigenvalue weighted by atomic mass is 79.9. The van der Waals surface area contributed by atoms with E-state index in [1.807, 2.05) is 29.9 Å². The maximum absolute atomic E-state index is 12.9. The zero-order chi connectivity index (χ0) is 18.6. The summed E-state index contributed by atoms with van der Waals surface area (Å²) in [7, 11) is -2.16. The van der Waals surface area contributed by atoms with Crippen molar-refractivity contribution in [3.63, 3.8) is 0 Å². The summed E-state index contributed by atoms with van der Waals surface area (Å²) in [6.45, 7) is 0. The highest BCUT2D eigenvalue weighted by Gasteiger charge is 2.26. The molecule has 0 spiro atoms. The molecule has 0 radical (unpaired) electrons. The van der Waals surface area contributed by atoms with E-state index in [0.717, 1.165) is 10.9 Å². The molecular weight excluding hydrogens is 446 g/mol. The molecule has 2 aromatic carbocycles. The molecule has 4 rings (SSSR count). The van der Waals surface area contributed by atoms with Crippen LogP contribution >= 0.6 is 27.5 Å². The average Bonchev–Trinajstić information content (AvgIpc) is 3.09. The van der Waals surface area contributed by atoms with Crippen LogP contribution in [-0.4, -0.2) is 18.0 Å². The van der Waals surface area contributed by atoms with E-state index < -0.39 is 15.8 Å². The Bertz CT molecular complexity index is 1340. The number of oxazole rings is 1. The lowest BCUT2D eigenvalue weighted by Gasteiger charge is -2.12. The number of hydrogen-bond donors (Lipinski definition) is 2. The molecule has 0 saturated heterocycles. The van der Waals surface area contributed by atoms with Crippen molar-refractivity contribution in [3.05, 3.63) is 56.6 Å². The minimum atomic E-state index is -4.04. The second-order valence-corrected chi connectivity index (χ2v) is 8.55. The van der Waals surface area contributed by atoms with Crippen LogP contribution in [0.4, 0.5) is 5.69 Å². The lowest BCUT2D eigenvalue weighted by atomic mass is 10.2. The van der Waals surface area contributed by atoms with Crippen LogP contribution in [0.25, 0.3) is 22.0 Å². The van der Waals surface area contributed by atoms with Crippen molar-refractivity contribution in [1.29, 1.82) is 0 Å². The molecule has 10 heteroatoms. The fourth-order valence-electron chi connectivity index (χ4n) is 2.78. The van der Waals surface area contributed by atoms with Gasteiger partial charge in [0.25, 0.3) is 10.0 Å². The van der Waals surface area contributed by atoms with Gasteiger partial charge in [-0.15, -0.1) is 0 Å². The van der Waals surface area contributed by atoms with Gasteiger partial charge >= 0.3 is 5.76 Å². The zero-order valence-corrected chi connectivity index (χ0v) is 16.4. The van der Waals surface area contributed by atoms with Crippen LogP contribution in [0.5, 0.6) is 0 Å². The van der Waals surface area contributed by atoms with Gasteiger partial charge in [-0.25, -0.2) is 13.2 Å².